The summed E-state index contributed by atoms with van der Waals surface area (Å²) in [6.07, 6.45) is 1.08. The molecule has 0 aromatic heterocycles. The van der Waals surface area contributed by atoms with Crippen LogP contribution in [0.3, 0.4) is 0 Å². The molecule has 7 nitrogen and oxygen atoms in total. The zero-order valence-electron chi connectivity index (χ0n) is 17.8. The number of amides is 4. The molecule has 2 heterocycles. The summed E-state index contributed by atoms with van der Waals surface area (Å²) in [5, 5.41) is 5.83. The summed E-state index contributed by atoms with van der Waals surface area (Å²) >= 11 is 0. The van der Waals surface area contributed by atoms with Crippen molar-refractivity contribution in [2.45, 2.75) is 38.3 Å². The van der Waals surface area contributed by atoms with Crippen LogP contribution in [-0.2, 0) is 15.1 Å². The highest BCUT2D eigenvalue weighted by Crippen LogP contribution is 2.40. The van der Waals surface area contributed by atoms with E-state index < -0.39 is 17.5 Å². The first-order chi connectivity index (χ1) is 14.9. The Labute approximate surface area is 181 Å². The van der Waals surface area contributed by atoms with E-state index in [0.717, 1.165) is 16.9 Å². The van der Waals surface area contributed by atoms with Crippen LogP contribution in [-0.4, -0.2) is 35.9 Å². The number of carbonyl (C=O) groups excluding carboxylic acids is 3. The van der Waals surface area contributed by atoms with Crippen molar-refractivity contribution in [2.75, 3.05) is 13.2 Å². The molecular formula is C24H27N3O4. The minimum absolute atomic E-state index is 0.188. The molecular weight excluding hydrogens is 394 g/mol. The van der Waals surface area contributed by atoms with Crippen LogP contribution < -0.4 is 15.4 Å². The molecule has 4 amide bonds. The number of hydrogen-bond acceptors (Lipinski definition) is 4. The summed E-state index contributed by atoms with van der Waals surface area (Å²) in [5.41, 5.74) is 0.448. The summed E-state index contributed by atoms with van der Waals surface area (Å²) in [7, 11) is 0. The second-order valence-corrected chi connectivity index (χ2v) is 8.48. The predicted octanol–water partition coefficient (Wildman–Crippen LogP) is 3.12. The molecule has 1 spiro atoms. The van der Waals surface area contributed by atoms with Gasteiger partial charge in [0.05, 0.1) is 12.6 Å². The van der Waals surface area contributed by atoms with E-state index in [1.165, 1.54) is 0 Å². The molecule has 31 heavy (non-hydrogen) atoms. The quantitative estimate of drug-likeness (QED) is 0.702. The number of hydrogen-bond donors (Lipinski definition) is 2. The highest BCUT2D eigenvalue weighted by atomic mass is 16.5. The minimum Gasteiger partial charge on any atom is -0.493 e. The van der Waals surface area contributed by atoms with Gasteiger partial charge in [-0.15, -0.1) is 0 Å². The lowest BCUT2D eigenvalue weighted by molar-refractivity contribution is -0.136. The number of benzene rings is 2. The average molecular weight is 421 g/mol. The third-order valence-electron chi connectivity index (χ3n) is 5.80. The molecule has 0 saturated carbocycles. The van der Waals surface area contributed by atoms with Gasteiger partial charge < -0.3 is 15.4 Å². The molecule has 2 atom stereocenters. The second kappa shape index (κ2) is 8.41. The SMILES string of the molecule is CC(C)C[C@@H](NC(=O)CN1C(=O)N[C@@]2(CCOc3ccccc32)C1=O)c1ccccc1. The van der Waals surface area contributed by atoms with E-state index in [4.69, 9.17) is 4.74 Å². The van der Waals surface area contributed by atoms with Crippen molar-refractivity contribution in [1.29, 1.82) is 0 Å². The summed E-state index contributed by atoms with van der Waals surface area (Å²) in [6, 6.07) is 16.2. The van der Waals surface area contributed by atoms with Crippen molar-refractivity contribution in [3.05, 3.63) is 65.7 Å². The predicted molar refractivity (Wildman–Crippen MR) is 115 cm³/mol. The van der Waals surface area contributed by atoms with Crippen LogP contribution in [0.1, 0.15) is 43.9 Å². The van der Waals surface area contributed by atoms with E-state index in [1.54, 1.807) is 18.2 Å². The second-order valence-electron chi connectivity index (χ2n) is 8.48. The number of ether oxygens (including phenoxy) is 1. The number of imide groups is 1. The van der Waals surface area contributed by atoms with Gasteiger partial charge in [0.1, 0.15) is 12.3 Å². The Balaban J connectivity index is 1.51. The van der Waals surface area contributed by atoms with Crippen molar-refractivity contribution >= 4 is 17.8 Å². The molecule has 0 unspecified atom stereocenters. The highest BCUT2D eigenvalue weighted by molar-refractivity contribution is 6.09. The van der Waals surface area contributed by atoms with E-state index in [-0.39, 0.29) is 18.5 Å². The number of nitrogens with zero attached hydrogens (tertiary/aromatic N) is 1. The lowest BCUT2D eigenvalue weighted by Crippen LogP contribution is -2.48. The van der Waals surface area contributed by atoms with Crippen molar-refractivity contribution in [3.8, 4) is 5.75 Å². The number of fused-ring (bicyclic) bond motifs is 2. The Morgan fingerprint density at radius 2 is 1.84 bits per heavy atom. The molecule has 2 N–H and O–H groups in total. The Hall–Kier alpha value is -3.35. The maximum atomic E-state index is 13.3. The topological polar surface area (TPSA) is 87.7 Å². The van der Waals surface area contributed by atoms with Gasteiger partial charge in [0.25, 0.3) is 5.91 Å². The first-order valence-electron chi connectivity index (χ1n) is 10.6. The van der Waals surface area contributed by atoms with Gasteiger partial charge >= 0.3 is 6.03 Å². The lowest BCUT2D eigenvalue weighted by Gasteiger charge is -2.33. The van der Waals surface area contributed by atoms with Crippen molar-refractivity contribution in [2.24, 2.45) is 5.92 Å². The zero-order valence-corrected chi connectivity index (χ0v) is 17.8. The Bertz CT molecular complexity index is 991. The summed E-state index contributed by atoms with van der Waals surface area (Å²) in [4.78, 5) is 39.9. The van der Waals surface area contributed by atoms with E-state index in [2.05, 4.69) is 24.5 Å². The smallest absolute Gasteiger partial charge is 0.325 e. The monoisotopic (exact) mass is 421 g/mol. The first kappa shape index (κ1) is 20.9. The fourth-order valence-corrected chi connectivity index (χ4v) is 4.33. The molecule has 2 aliphatic rings. The molecule has 1 saturated heterocycles. The lowest BCUT2D eigenvalue weighted by atomic mass is 9.84. The number of urea groups is 1. The van der Waals surface area contributed by atoms with Gasteiger partial charge in [-0.1, -0.05) is 62.4 Å². The molecule has 0 bridgehead atoms. The van der Waals surface area contributed by atoms with Gasteiger partial charge in [-0.3, -0.25) is 14.5 Å². The third kappa shape index (κ3) is 4.00. The van der Waals surface area contributed by atoms with E-state index in [1.807, 2.05) is 36.4 Å². The van der Waals surface area contributed by atoms with Gasteiger partial charge in [-0.2, -0.15) is 0 Å². The van der Waals surface area contributed by atoms with Gasteiger partial charge in [-0.25, -0.2) is 4.79 Å². The van der Waals surface area contributed by atoms with E-state index >= 15 is 0 Å². The highest BCUT2D eigenvalue weighted by Gasteiger charge is 2.55. The molecule has 7 heteroatoms. The van der Waals surface area contributed by atoms with Gasteiger partial charge in [0.2, 0.25) is 5.91 Å². The van der Waals surface area contributed by atoms with Crippen molar-refractivity contribution in [1.82, 2.24) is 15.5 Å². The zero-order chi connectivity index (χ0) is 22.0. The van der Waals surface area contributed by atoms with E-state index in [9.17, 15) is 14.4 Å². The molecule has 4 rings (SSSR count). The van der Waals surface area contributed by atoms with Gasteiger partial charge in [0.15, 0.2) is 5.54 Å². The Morgan fingerprint density at radius 3 is 2.58 bits per heavy atom. The van der Waals surface area contributed by atoms with Crippen LogP contribution in [0, 0.1) is 5.92 Å². The molecule has 0 radical (unpaired) electrons. The summed E-state index contributed by atoms with van der Waals surface area (Å²) in [5.74, 6) is 0.165. The molecule has 2 aromatic carbocycles. The molecule has 2 aromatic rings. The fraction of sp³-hybridized carbons (Fsp3) is 0.375. The summed E-state index contributed by atoms with van der Waals surface area (Å²) in [6.45, 7) is 4.17. The number of carbonyl (C=O) groups is 3. The van der Waals surface area contributed by atoms with Crippen LogP contribution in [0.5, 0.6) is 5.75 Å². The van der Waals surface area contributed by atoms with E-state index in [0.29, 0.717) is 30.3 Å². The van der Waals surface area contributed by atoms with Crippen LogP contribution in [0.4, 0.5) is 4.79 Å². The Kier molecular flexibility index (Phi) is 5.67. The van der Waals surface area contributed by atoms with Crippen LogP contribution in [0.25, 0.3) is 0 Å². The molecule has 0 aliphatic carbocycles. The Morgan fingerprint density at radius 1 is 1.13 bits per heavy atom. The first-order valence-corrected chi connectivity index (χ1v) is 10.6. The van der Waals surface area contributed by atoms with Crippen LogP contribution >= 0.6 is 0 Å². The molecule has 1 fully saturated rings. The molecule has 162 valence electrons. The van der Waals surface area contributed by atoms with Crippen molar-refractivity contribution < 1.29 is 19.1 Å². The maximum Gasteiger partial charge on any atom is 0.325 e. The maximum absolute atomic E-state index is 13.3. The third-order valence-corrected chi connectivity index (χ3v) is 5.80. The largest absolute Gasteiger partial charge is 0.493 e. The average Bonchev–Trinajstić information content (AvgIpc) is 2.98. The van der Waals surface area contributed by atoms with Crippen molar-refractivity contribution in [3.63, 3.8) is 0 Å². The molecule has 2 aliphatic heterocycles. The number of nitrogens with one attached hydrogen (secondary N) is 2. The van der Waals surface area contributed by atoms with Crippen LogP contribution in [0.2, 0.25) is 0 Å². The minimum atomic E-state index is -1.18. The number of para-hydroxylation sites is 1. The van der Waals surface area contributed by atoms with Gasteiger partial charge in [0, 0.05) is 12.0 Å². The van der Waals surface area contributed by atoms with Gasteiger partial charge in [-0.05, 0) is 24.0 Å². The van der Waals surface area contributed by atoms with Crippen LogP contribution in [0.15, 0.2) is 54.6 Å². The standard InChI is InChI=1S/C24H27N3O4/c1-16(2)14-19(17-8-4-3-5-9-17)25-21(28)15-27-22(29)24(26-23(27)30)12-13-31-20-11-7-6-10-18(20)24/h3-11,16,19H,12-15H2,1-2H3,(H,25,28)(H,26,30)/t19-,24-/m1/s1. The number of rotatable bonds is 6. The normalized spacial score (nSPS) is 20.9. The fourth-order valence-electron chi connectivity index (χ4n) is 4.33. The summed E-state index contributed by atoms with van der Waals surface area (Å²) < 4.78 is 5.65.